The van der Waals surface area contributed by atoms with E-state index in [2.05, 4.69) is 14.9 Å². The fraction of sp³-hybridized carbons (Fsp3) is 0.359. The summed E-state index contributed by atoms with van der Waals surface area (Å²) in [5, 5.41) is 9.65. The number of amides is 1. The number of rotatable bonds is 10. The second-order valence-electron chi connectivity index (χ2n) is 13.7. The van der Waals surface area contributed by atoms with Gasteiger partial charge in [-0.3, -0.25) is 4.90 Å². The number of ether oxygens (including phenoxy) is 2. The number of hydrogen-bond donors (Lipinski definition) is 1. The number of methoxy groups -OCH3 is 2. The molecule has 53 heavy (non-hydrogen) atoms. The zero-order valence-corrected chi connectivity index (χ0v) is 31.6. The van der Waals surface area contributed by atoms with Crippen LogP contribution in [0.3, 0.4) is 0 Å². The van der Waals surface area contributed by atoms with E-state index in [9.17, 15) is 14.7 Å². The van der Waals surface area contributed by atoms with Gasteiger partial charge in [-0.25, -0.2) is 28.5 Å². The lowest BCUT2D eigenvalue weighted by Crippen LogP contribution is -2.58. The summed E-state index contributed by atoms with van der Waals surface area (Å²) in [7, 11) is 3.27. The molecule has 278 valence electrons. The maximum absolute atomic E-state index is 15.2. The number of carboxylic acid groups (broad SMARTS) is 1. The van der Waals surface area contributed by atoms with Crippen LogP contribution in [0.15, 0.2) is 65.5 Å². The number of fused-ring (bicyclic) bond motifs is 1. The van der Waals surface area contributed by atoms with Crippen molar-refractivity contribution in [3.63, 3.8) is 0 Å². The van der Waals surface area contributed by atoms with Gasteiger partial charge in [-0.2, -0.15) is 4.98 Å². The van der Waals surface area contributed by atoms with E-state index >= 15 is 4.39 Å². The molecule has 0 bridgehead atoms. The molecule has 2 aromatic carbocycles. The van der Waals surface area contributed by atoms with Gasteiger partial charge < -0.3 is 24.4 Å². The molecule has 2 atom stereocenters. The topological polar surface area (TPSA) is 126 Å². The Labute approximate surface area is 312 Å². The third-order valence-corrected chi connectivity index (χ3v) is 9.82. The van der Waals surface area contributed by atoms with E-state index in [1.165, 1.54) is 15.5 Å². The first-order valence-electron chi connectivity index (χ1n) is 17.4. The van der Waals surface area contributed by atoms with Crippen molar-refractivity contribution in [2.75, 3.05) is 37.1 Å². The molecule has 0 radical (unpaired) electrons. The van der Waals surface area contributed by atoms with E-state index in [1.54, 1.807) is 28.1 Å². The van der Waals surface area contributed by atoms with Crippen LogP contribution in [0.4, 0.5) is 20.8 Å². The molecule has 14 heteroatoms. The van der Waals surface area contributed by atoms with Crippen molar-refractivity contribution >= 4 is 40.4 Å². The molecule has 0 saturated carbocycles. The standard InChI is InChI=1S/C39H43ClFN7O5/c1-22(2)33-34(23(3)16-32(42-33)45(20-26-8-12-28(52-6)13-9-26)21-27-10-14-29(53-7)15-11-27)48-37-30(17-31(41)35(40)43-37)36(44-38(48)49)46-18-24(4)47(39(50)51)25(5)19-46/h8-17,22,24-25H,18-21H2,1-7H3,(H,50,51)/t24-,25+. The highest BCUT2D eigenvalue weighted by Crippen LogP contribution is 2.34. The molecular weight excluding hydrogens is 701 g/mol. The molecule has 12 nitrogen and oxygen atoms in total. The Morgan fingerprint density at radius 1 is 0.943 bits per heavy atom. The minimum absolute atomic E-state index is 0.125. The second-order valence-corrected chi connectivity index (χ2v) is 14.1. The van der Waals surface area contributed by atoms with Gasteiger partial charge in [0.05, 0.1) is 43.1 Å². The summed E-state index contributed by atoms with van der Waals surface area (Å²) < 4.78 is 27.3. The molecule has 0 spiro atoms. The van der Waals surface area contributed by atoms with Crippen LogP contribution in [-0.4, -0.2) is 75.0 Å². The molecule has 3 aromatic heterocycles. The molecule has 6 rings (SSSR count). The zero-order valence-electron chi connectivity index (χ0n) is 30.8. The van der Waals surface area contributed by atoms with Crippen molar-refractivity contribution in [3.05, 3.63) is 105 Å². The average molecular weight is 744 g/mol. The minimum atomic E-state index is -1.03. The van der Waals surface area contributed by atoms with Gasteiger partial charge >= 0.3 is 11.8 Å². The van der Waals surface area contributed by atoms with Crippen molar-refractivity contribution in [2.24, 2.45) is 0 Å². The SMILES string of the molecule is COc1ccc(CN(Cc2ccc(OC)cc2)c2cc(C)c(-n3c(=O)nc(N4C[C@@H](C)N(C(=O)O)[C@@H](C)C4)c4cc(F)c(Cl)nc43)c(C(C)C)n2)cc1. The van der Waals surface area contributed by atoms with Crippen molar-refractivity contribution in [1.29, 1.82) is 0 Å². The number of nitrogens with zero attached hydrogens (tertiary/aromatic N) is 7. The third kappa shape index (κ3) is 7.57. The molecule has 0 aliphatic carbocycles. The highest BCUT2D eigenvalue weighted by atomic mass is 35.5. The van der Waals surface area contributed by atoms with Crippen molar-refractivity contribution in [1.82, 2.24) is 24.4 Å². The molecule has 4 heterocycles. The molecule has 1 aliphatic heterocycles. The summed E-state index contributed by atoms with van der Waals surface area (Å²) in [6.45, 7) is 11.0. The number of aryl methyl sites for hydroxylation is 1. The second kappa shape index (κ2) is 15.3. The Bertz CT molecular complexity index is 2140. The van der Waals surface area contributed by atoms with Crippen LogP contribution in [0, 0.1) is 12.7 Å². The molecular formula is C39H43ClFN7O5. The van der Waals surface area contributed by atoms with Crippen LogP contribution in [-0.2, 0) is 13.1 Å². The normalized spacial score (nSPS) is 16.0. The third-order valence-electron chi connectivity index (χ3n) is 9.55. The summed E-state index contributed by atoms with van der Waals surface area (Å²) in [5.74, 6) is 1.50. The van der Waals surface area contributed by atoms with Gasteiger partial charge in [0, 0.05) is 26.2 Å². The Kier molecular flexibility index (Phi) is 10.8. The number of piperazine rings is 1. The molecule has 1 saturated heterocycles. The maximum atomic E-state index is 15.2. The summed E-state index contributed by atoms with van der Waals surface area (Å²) >= 11 is 6.29. The summed E-state index contributed by atoms with van der Waals surface area (Å²) in [4.78, 5) is 45.6. The lowest BCUT2D eigenvalue weighted by atomic mass is 10.0. The quantitative estimate of drug-likeness (QED) is 0.147. The molecule has 1 fully saturated rings. The van der Waals surface area contributed by atoms with Gasteiger partial charge in [0.2, 0.25) is 0 Å². The van der Waals surface area contributed by atoms with Crippen LogP contribution >= 0.6 is 11.6 Å². The Hall–Kier alpha value is -5.43. The van der Waals surface area contributed by atoms with Gasteiger partial charge in [0.1, 0.15) is 23.1 Å². The minimum Gasteiger partial charge on any atom is -0.497 e. The van der Waals surface area contributed by atoms with Gasteiger partial charge in [0.15, 0.2) is 16.6 Å². The van der Waals surface area contributed by atoms with E-state index in [-0.39, 0.29) is 35.9 Å². The predicted molar refractivity (Wildman–Crippen MR) is 204 cm³/mol. The van der Waals surface area contributed by atoms with Crippen LogP contribution in [0.5, 0.6) is 11.5 Å². The largest absolute Gasteiger partial charge is 0.497 e. The van der Waals surface area contributed by atoms with Crippen molar-refractivity contribution in [3.8, 4) is 17.2 Å². The monoisotopic (exact) mass is 743 g/mol. The molecule has 1 amide bonds. The fourth-order valence-corrected chi connectivity index (χ4v) is 7.18. The number of hydrogen-bond acceptors (Lipinski definition) is 9. The lowest BCUT2D eigenvalue weighted by Gasteiger charge is -2.43. The van der Waals surface area contributed by atoms with Crippen LogP contribution in [0.1, 0.15) is 56.0 Å². The zero-order chi connectivity index (χ0) is 38.1. The van der Waals surface area contributed by atoms with Gasteiger partial charge in [-0.15, -0.1) is 0 Å². The van der Waals surface area contributed by atoms with E-state index in [4.69, 9.17) is 26.1 Å². The van der Waals surface area contributed by atoms with Crippen molar-refractivity contribution < 1.29 is 23.8 Å². The van der Waals surface area contributed by atoms with Gasteiger partial charge in [-0.1, -0.05) is 49.7 Å². The maximum Gasteiger partial charge on any atom is 0.407 e. The van der Waals surface area contributed by atoms with E-state index < -0.39 is 34.8 Å². The number of pyridine rings is 2. The fourth-order valence-electron chi connectivity index (χ4n) is 7.05. The Balaban J connectivity index is 1.49. The van der Waals surface area contributed by atoms with E-state index in [0.717, 1.165) is 28.2 Å². The predicted octanol–water partition coefficient (Wildman–Crippen LogP) is 7.20. The van der Waals surface area contributed by atoms with Crippen LogP contribution < -0.4 is 25.0 Å². The summed E-state index contributed by atoms with van der Waals surface area (Å²) in [6.07, 6.45) is -1.03. The van der Waals surface area contributed by atoms with Crippen LogP contribution in [0.25, 0.3) is 16.7 Å². The number of aromatic nitrogens is 4. The molecule has 1 aliphatic rings. The number of carbonyl (C=O) groups is 1. The van der Waals surface area contributed by atoms with Crippen LogP contribution in [0.2, 0.25) is 5.15 Å². The first kappa shape index (κ1) is 37.3. The van der Waals surface area contributed by atoms with E-state index in [0.29, 0.717) is 30.3 Å². The molecule has 1 N–H and O–H groups in total. The number of benzene rings is 2. The molecule has 5 aromatic rings. The molecule has 0 unspecified atom stereocenters. The highest BCUT2D eigenvalue weighted by molar-refractivity contribution is 6.30. The number of halogens is 2. The van der Waals surface area contributed by atoms with Gasteiger partial charge in [-0.05, 0) is 79.8 Å². The lowest BCUT2D eigenvalue weighted by molar-refractivity contribution is 0.0981. The Morgan fingerprint density at radius 2 is 1.49 bits per heavy atom. The first-order chi connectivity index (χ1) is 25.3. The highest BCUT2D eigenvalue weighted by Gasteiger charge is 2.35. The smallest absolute Gasteiger partial charge is 0.407 e. The summed E-state index contributed by atoms with van der Waals surface area (Å²) in [5.41, 5.74) is 3.41. The first-order valence-corrected chi connectivity index (χ1v) is 17.7. The van der Waals surface area contributed by atoms with Crippen molar-refractivity contribution in [2.45, 2.75) is 65.7 Å². The van der Waals surface area contributed by atoms with Gasteiger partial charge in [0.25, 0.3) is 0 Å². The Morgan fingerprint density at radius 3 is 1.98 bits per heavy atom. The van der Waals surface area contributed by atoms with E-state index in [1.807, 2.05) is 80.3 Å². The number of anilines is 2. The summed E-state index contributed by atoms with van der Waals surface area (Å²) in [6, 6.07) is 18.1. The average Bonchev–Trinajstić information content (AvgIpc) is 3.12.